The van der Waals surface area contributed by atoms with Gasteiger partial charge in [0.25, 0.3) is 5.56 Å². The SMILES string of the molecule is CC(=O)N1CCCCC(O)(CN2CC(Cn3nc4c(cc3=O)CSCC4)C2)C1. The molecule has 1 N–H and O–H groups in total. The second-order valence-corrected chi connectivity index (χ2v) is 9.73. The molecule has 1 amide bonds. The van der Waals surface area contributed by atoms with Crippen molar-refractivity contribution in [1.29, 1.82) is 0 Å². The molecule has 1 aromatic rings. The number of rotatable bonds is 4. The summed E-state index contributed by atoms with van der Waals surface area (Å²) >= 11 is 1.86. The highest BCUT2D eigenvalue weighted by Gasteiger charge is 2.38. The van der Waals surface area contributed by atoms with Gasteiger partial charge in [-0.3, -0.25) is 14.5 Å². The Morgan fingerprint density at radius 3 is 3.00 bits per heavy atom. The Kier molecular flexibility index (Phi) is 5.81. The van der Waals surface area contributed by atoms with Crippen LogP contribution in [0.1, 0.15) is 37.4 Å². The molecule has 154 valence electrons. The first kappa shape index (κ1) is 19.9. The van der Waals surface area contributed by atoms with Crippen LogP contribution in [-0.4, -0.2) is 74.7 Å². The molecule has 2 fully saturated rings. The monoisotopic (exact) mass is 406 g/mol. The number of aliphatic hydroxyl groups is 1. The summed E-state index contributed by atoms with van der Waals surface area (Å²) in [6.45, 7) is 5.71. The molecule has 7 nitrogen and oxygen atoms in total. The van der Waals surface area contributed by atoms with Gasteiger partial charge in [0.15, 0.2) is 0 Å². The van der Waals surface area contributed by atoms with Crippen LogP contribution in [0.15, 0.2) is 10.9 Å². The van der Waals surface area contributed by atoms with Gasteiger partial charge >= 0.3 is 0 Å². The fraction of sp³-hybridized carbons (Fsp3) is 0.750. The van der Waals surface area contributed by atoms with Crippen LogP contribution in [0.3, 0.4) is 0 Å². The molecule has 1 unspecified atom stereocenters. The molecule has 3 aliphatic heterocycles. The standard InChI is InChI=1S/C20H30N4O3S/c1-15(25)23-6-3-2-5-20(27,14-23)13-22-9-16(10-22)11-24-19(26)8-17-12-28-7-4-18(17)21-24/h8,16,27H,2-7,9-14H2,1H3. The number of amides is 1. The van der Waals surface area contributed by atoms with E-state index in [1.807, 2.05) is 11.8 Å². The highest BCUT2D eigenvalue weighted by atomic mass is 32.2. The number of aryl methyl sites for hydroxylation is 1. The zero-order valence-corrected chi connectivity index (χ0v) is 17.4. The van der Waals surface area contributed by atoms with Crippen LogP contribution in [0.5, 0.6) is 0 Å². The molecule has 4 heterocycles. The number of likely N-dealkylation sites (tertiary alicyclic amines) is 2. The van der Waals surface area contributed by atoms with E-state index < -0.39 is 5.60 Å². The van der Waals surface area contributed by atoms with Gasteiger partial charge in [0.05, 0.1) is 24.4 Å². The molecule has 3 aliphatic rings. The Hall–Kier alpha value is -1.38. The zero-order chi connectivity index (χ0) is 19.7. The number of nitrogens with zero attached hydrogens (tertiary/aromatic N) is 4. The number of aromatic nitrogens is 2. The lowest BCUT2D eigenvalue weighted by Gasteiger charge is -2.44. The number of carbonyl (C=O) groups is 1. The Morgan fingerprint density at radius 2 is 2.21 bits per heavy atom. The smallest absolute Gasteiger partial charge is 0.267 e. The van der Waals surface area contributed by atoms with Crippen molar-refractivity contribution in [2.75, 3.05) is 38.5 Å². The molecular weight excluding hydrogens is 376 g/mol. The first-order chi connectivity index (χ1) is 13.4. The quantitative estimate of drug-likeness (QED) is 0.794. The third kappa shape index (κ3) is 4.44. The van der Waals surface area contributed by atoms with E-state index in [9.17, 15) is 14.7 Å². The molecule has 0 aromatic carbocycles. The van der Waals surface area contributed by atoms with E-state index in [0.717, 1.165) is 68.1 Å². The zero-order valence-electron chi connectivity index (χ0n) is 16.6. The van der Waals surface area contributed by atoms with Gasteiger partial charge in [-0.2, -0.15) is 16.9 Å². The van der Waals surface area contributed by atoms with E-state index in [1.165, 1.54) is 0 Å². The largest absolute Gasteiger partial charge is 0.387 e. The summed E-state index contributed by atoms with van der Waals surface area (Å²) in [5, 5.41) is 15.7. The first-order valence-corrected chi connectivity index (χ1v) is 11.5. The molecule has 0 bridgehead atoms. The number of hydrogen-bond acceptors (Lipinski definition) is 6. The molecule has 0 saturated carbocycles. The highest BCUT2D eigenvalue weighted by molar-refractivity contribution is 7.98. The summed E-state index contributed by atoms with van der Waals surface area (Å²) in [4.78, 5) is 28.1. The number of thioether (sulfide) groups is 1. The van der Waals surface area contributed by atoms with E-state index in [0.29, 0.717) is 25.6 Å². The number of hydrogen-bond donors (Lipinski definition) is 1. The lowest BCUT2D eigenvalue weighted by atomic mass is 9.92. The maximum atomic E-state index is 12.4. The van der Waals surface area contributed by atoms with Crippen molar-refractivity contribution in [3.8, 4) is 0 Å². The number of fused-ring (bicyclic) bond motifs is 1. The molecule has 1 aromatic heterocycles. The van der Waals surface area contributed by atoms with Gasteiger partial charge in [0, 0.05) is 57.3 Å². The van der Waals surface area contributed by atoms with E-state index in [4.69, 9.17) is 0 Å². The van der Waals surface area contributed by atoms with E-state index in [2.05, 4.69) is 10.00 Å². The maximum Gasteiger partial charge on any atom is 0.267 e. The van der Waals surface area contributed by atoms with Crippen molar-refractivity contribution < 1.29 is 9.90 Å². The lowest BCUT2D eigenvalue weighted by Crippen LogP contribution is -2.58. The van der Waals surface area contributed by atoms with Crippen molar-refractivity contribution in [1.82, 2.24) is 19.6 Å². The predicted octanol–water partition coefficient (Wildman–Crippen LogP) is 0.728. The highest BCUT2D eigenvalue weighted by Crippen LogP contribution is 2.27. The minimum absolute atomic E-state index is 0.000744. The van der Waals surface area contributed by atoms with Crippen molar-refractivity contribution in [2.24, 2.45) is 5.92 Å². The van der Waals surface area contributed by atoms with Gasteiger partial charge in [-0.1, -0.05) is 0 Å². The normalized spacial score (nSPS) is 26.4. The topological polar surface area (TPSA) is 78.7 Å². The minimum atomic E-state index is -0.828. The average Bonchev–Trinajstić information content (AvgIpc) is 2.82. The molecule has 0 radical (unpaired) electrons. The van der Waals surface area contributed by atoms with Crippen LogP contribution in [0.25, 0.3) is 0 Å². The van der Waals surface area contributed by atoms with Gasteiger partial charge in [-0.05, 0) is 30.6 Å². The Bertz CT molecular complexity index is 792. The van der Waals surface area contributed by atoms with Crippen molar-refractivity contribution >= 4 is 17.7 Å². The number of carbonyl (C=O) groups excluding carboxylic acids is 1. The van der Waals surface area contributed by atoms with Crippen LogP contribution < -0.4 is 5.56 Å². The molecular formula is C20H30N4O3S. The Morgan fingerprint density at radius 1 is 1.39 bits per heavy atom. The summed E-state index contributed by atoms with van der Waals surface area (Å²) in [6.07, 6.45) is 3.58. The molecule has 2 saturated heterocycles. The van der Waals surface area contributed by atoms with E-state index in [-0.39, 0.29) is 11.5 Å². The van der Waals surface area contributed by atoms with E-state index >= 15 is 0 Å². The third-order valence-corrected chi connectivity index (χ3v) is 7.15. The van der Waals surface area contributed by atoms with Gasteiger partial charge < -0.3 is 10.0 Å². The van der Waals surface area contributed by atoms with Crippen molar-refractivity contribution in [3.05, 3.63) is 27.7 Å². The van der Waals surface area contributed by atoms with Gasteiger partial charge in [0.2, 0.25) is 5.91 Å². The fourth-order valence-corrected chi connectivity index (χ4v) is 5.59. The Labute approximate surface area is 170 Å². The fourth-order valence-electron chi connectivity index (χ4n) is 4.63. The third-order valence-electron chi connectivity index (χ3n) is 6.14. The molecule has 0 spiro atoms. The minimum Gasteiger partial charge on any atom is -0.387 e. The van der Waals surface area contributed by atoms with Gasteiger partial charge in [-0.15, -0.1) is 0 Å². The first-order valence-electron chi connectivity index (χ1n) is 10.3. The summed E-state index contributed by atoms with van der Waals surface area (Å²) in [5.41, 5.74) is 1.34. The summed E-state index contributed by atoms with van der Waals surface area (Å²) in [5.74, 6) is 2.40. The summed E-state index contributed by atoms with van der Waals surface area (Å²) in [6, 6.07) is 1.76. The number of β-amino-alcohol motifs (C(OH)–C–C–N with tert-alkyl or cyclic N) is 1. The lowest BCUT2D eigenvalue weighted by molar-refractivity contribution is -0.133. The van der Waals surface area contributed by atoms with Crippen molar-refractivity contribution in [3.63, 3.8) is 0 Å². The molecule has 1 atom stereocenters. The van der Waals surface area contributed by atoms with Crippen LogP contribution in [-0.2, 0) is 23.5 Å². The summed E-state index contributed by atoms with van der Waals surface area (Å²) in [7, 11) is 0. The van der Waals surface area contributed by atoms with Crippen LogP contribution in [0.4, 0.5) is 0 Å². The predicted molar refractivity (Wildman–Crippen MR) is 109 cm³/mol. The van der Waals surface area contributed by atoms with Crippen LogP contribution >= 0.6 is 11.8 Å². The van der Waals surface area contributed by atoms with E-state index in [1.54, 1.807) is 22.6 Å². The molecule has 4 rings (SSSR count). The average molecular weight is 407 g/mol. The van der Waals surface area contributed by atoms with Gasteiger partial charge in [-0.25, -0.2) is 4.68 Å². The molecule has 0 aliphatic carbocycles. The second kappa shape index (κ2) is 8.16. The maximum absolute atomic E-state index is 12.4. The van der Waals surface area contributed by atoms with Crippen LogP contribution in [0.2, 0.25) is 0 Å². The Balaban J connectivity index is 1.32. The molecule has 28 heavy (non-hydrogen) atoms. The van der Waals surface area contributed by atoms with Gasteiger partial charge in [0.1, 0.15) is 0 Å². The van der Waals surface area contributed by atoms with Crippen LogP contribution in [0, 0.1) is 5.92 Å². The van der Waals surface area contributed by atoms with Crippen molar-refractivity contribution in [2.45, 2.75) is 50.5 Å². The second-order valence-electron chi connectivity index (χ2n) is 8.62. The summed E-state index contributed by atoms with van der Waals surface area (Å²) < 4.78 is 1.63. The molecule has 8 heteroatoms.